The monoisotopic (exact) mass is 258 g/mol. The van der Waals surface area contributed by atoms with Crippen LogP contribution in [-0.2, 0) is 11.2 Å². The average Bonchev–Trinajstić information content (AvgIpc) is 2.70. The van der Waals surface area contributed by atoms with Crippen molar-refractivity contribution in [2.75, 3.05) is 0 Å². The van der Waals surface area contributed by atoms with Gasteiger partial charge in [0.25, 0.3) is 0 Å². The number of H-pyrrole nitrogens is 1. The number of aliphatic carboxylic acids is 1. The molecule has 0 amide bonds. The van der Waals surface area contributed by atoms with Crippen LogP contribution in [0.1, 0.15) is 29.9 Å². The van der Waals surface area contributed by atoms with E-state index in [9.17, 15) is 4.79 Å². The fraction of sp³-hybridized carbons (Fsp3) is 0.333. The molecule has 2 N–H and O–H groups in total. The van der Waals surface area contributed by atoms with Gasteiger partial charge in [0.2, 0.25) is 0 Å². The van der Waals surface area contributed by atoms with Crippen molar-refractivity contribution in [2.24, 2.45) is 0 Å². The lowest BCUT2D eigenvalue weighted by molar-refractivity contribution is -0.137. The molecule has 4 heteroatoms. The topological polar surface area (TPSA) is 66.0 Å². The lowest BCUT2D eigenvalue weighted by Crippen LogP contribution is -1.97. The third kappa shape index (κ3) is 3.22. The highest BCUT2D eigenvalue weighted by Gasteiger charge is 2.10. The van der Waals surface area contributed by atoms with Gasteiger partial charge in [-0.1, -0.05) is 24.3 Å². The fourth-order valence-electron chi connectivity index (χ4n) is 2.15. The predicted octanol–water partition coefficient (Wildman–Crippen LogP) is 3.10. The van der Waals surface area contributed by atoms with Gasteiger partial charge in [0.15, 0.2) is 0 Å². The quantitative estimate of drug-likeness (QED) is 0.866. The SMILES string of the molecule is Cc1ccccc1-c1nc(CCCC(=O)O)[nH]c1C. The number of rotatable bonds is 5. The third-order valence-electron chi connectivity index (χ3n) is 3.14. The Morgan fingerprint density at radius 1 is 1.32 bits per heavy atom. The number of aromatic amines is 1. The Hall–Kier alpha value is -2.10. The molecule has 0 atom stereocenters. The van der Waals surface area contributed by atoms with Crippen molar-refractivity contribution >= 4 is 5.97 Å². The second-order valence-electron chi connectivity index (χ2n) is 4.72. The van der Waals surface area contributed by atoms with E-state index in [0.717, 1.165) is 22.8 Å². The van der Waals surface area contributed by atoms with Crippen molar-refractivity contribution in [1.29, 1.82) is 0 Å². The summed E-state index contributed by atoms with van der Waals surface area (Å²) in [5.74, 6) is 0.0967. The van der Waals surface area contributed by atoms with Gasteiger partial charge in [-0.05, 0) is 25.8 Å². The van der Waals surface area contributed by atoms with Crippen LogP contribution in [0.25, 0.3) is 11.3 Å². The lowest BCUT2D eigenvalue weighted by atomic mass is 10.1. The number of hydrogen-bond donors (Lipinski definition) is 2. The van der Waals surface area contributed by atoms with Gasteiger partial charge in [-0.25, -0.2) is 4.98 Å². The van der Waals surface area contributed by atoms with Crippen LogP contribution in [0, 0.1) is 13.8 Å². The second kappa shape index (κ2) is 5.69. The first-order chi connectivity index (χ1) is 9.08. The number of hydrogen-bond acceptors (Lipinski definition) is 2. The molecule has 2 rings (SSSR count). The Balaban J connectivity index is 2.17. The van der Waals surface area contributed by atoms with E-state index in [0.29, 0.717) is 12.8 Å². The van der Waals surface area contributed by atoms with Crippen molar-refractivity contribution in [3.05, 3.63) is 41.3 Å². The van der Waals surface area contributed by atoms with Crippen LogP contribution in [0.3, 0.4) is 0 Å². The minimum Gasteiger partial charge on any atom is -0.481 e. The molecule has 2 aromatic rings. The van der Waals surface area contributed by atoms with E-state index < -0.39 is 5.97 Å². The summed E-state index contributed by atoms with van der Waals surface area (Å²) in [4.78, 5) is 18.3. The van der Waals surface area contributed by atoms with Gasteiger partial charge in [0, 0.05) is 24.1 Å². The van der Waals surface area contributed by atoms with Gasteiger partial charge in [0.1, 0.15) is 5.82 Å². The molecular weight excluding hydrogens is 240 g/mol. The summed E-state index contributed by atoms with van der Waals surface area (Å²) >= 11 is 0. The summed E-state index contributed by atoms with van der Waals surface area (Å²) in [7, 11) is 0. The van der Waals surface area contributed by atoms with Crippen LogP contribution < -0.4 is 0 Å². The molecule has 0 aliphatic carbocycles. The number of carboxylic acid groups (broad SMARTS) is 1. The number of nitrogens with zero attached hydrogens (tertiary/aromatic N) is 1. The third-order valence-corrected chi connectivity index (χ3v) is 3.14. The molecule has 0 radical (unpaired) electrons. The number of aromatic nitrogens is 2. The Morgan fingerprint density at radius 3 is 2.74 bits per heavy atom. The van der Waals surface area contributed by atoms with Crippen molar-refractivity contribution in [3.63, 3.8) is 0 Å². The summed E-state index contributed by atoms with van der Waals surface area (Å²) in [6.45, 7) is 4.06. The smallest absolute Gasteiger partial charge is 0.303 e. The van der Waals surface area contributed by atoms with Crippen LogP contribution in [0.4, 0.5) is 0 Å². The number of aryl methyl sites for hydroxylation is 3. The molecule has 1 heterocycles. The number of nitrogens with one attached hydrogen (secondary N) is 1. The van der Waals surface area contributed by atoms with Gasteiger partial charge in [-0.2, -0.15) is 0 Å². The van der Waals surface area contributed by atoms with Gasteiger partial charge < -0.3 is 10.1 Å². The van der Waals surface area contributed by atoms with E-state index in [4.69, 9.17) is 5.11 Å². The molecular formula is C15H18N2O2. The predicted molar refractivity (Wildman–Crippen MR) is 74.1 cm³/mol. The van der Waals surface area contributed by atoms with E-state index in [1.807, 2.05) is 19.1 Å². The first kappa shape index (κ1) is 13.3. The maximum atomic E-state index is 10.5. The normalized spacial score (nSPS) is 10.6. The van der Waals surface area contributed by atoms with Crippen LogP contribution in [0.2, 0.25) is 0 Å². The highest BCUT2D eigenvalue weighted by Crippen LogP contribution is 2.24. The van der Waals surface area contributed by atoms with Gasteiger partial charge >= 0.3 is 5.97 Å². The molecule has 0 aliphatic heterocycles. The summed E-state index contributed by atoms with van der Waals surface area (Å²) in [6, 6.07) is 8.13. The van der Waals surface area contributed by atoms with E-state index in [2.05, 4.69) is 29.0 Å². The van der Waals surface area contributed by atoms with E-state index in [-0.39, 0.29) is 6.42 Å². The minimum atomic E-state index is -0.762. The van der Waals surface area contributed by atoms with Crippen molar-refractivity contribution < 1.29 is 9.90 Å². The summed E-state index contributed by atoms with van der Waals surface area (Å²) in [6.07, 6.45) is 1.45. The maximum Gasteiger partial charge on any atom is 0.303 e. The Kier molecular flexibility index (Phi) is 4.00. The highest BCUT2D eigenvalue weighted by molar-refractivity contribution is 5.67. The number of carbonyl (C=O) groups is 1. The lowest BCUT2D eigenvalue weighted by Gasteiger charge is -2.02. The molecule has 0 saturated heterocycles. The molecule has 0 unspecified atom stereocenters. The molecule has 19 heavy (non-hydrogen) atoms. The first-order valence-corrected chi connectivity index (χ1v) is 6.41. The fourth-order valence-corrected chi connectivity index (χ4v) is 2.15. The molecule has 4 nitrogen and oxygen atoms in total. The van der Waals surface area contributed by atoms with Crippen LogP contribution in [0.15, 0.2) is 24.3 Å². The standard InChI is InChI=1S/C15H18N2O2/c1-10-6-3-4-7-12(10)15-11(2)16-13(17-15)8-5-9-14(18)19/h3-4,6-7H,5,8-9H2,1-2H3,(H,16,17)(H,18,19). The summed E-state index contributed by atoms with van der Waals surface area (Å²) in [5.41, 5.74) is 4.30. The molecule has 0 saturated carbocycles. The molecule has 0 bridgehead atoms. The van der Waals surface area contributed by atoms with Crippen molar-refractivity contribution in [1.82, 2.24) is 9.97 Å². The number of carboxylic acids is 1. The van der Waals surface area contributed by atoms with E-state index >= 15 is 0 Å². The largest absolute Gasteiger partial charge is 0.481 e. The minimum absolute atomic E-state index is 0.180. The van der Waals surface area contributed by atoms with Gasteiger partial charge in [-0.15, -0.1) is 0 Å². The van der Waals surface area contributed by atoms with Gasteiger partial charge in [-0.3, -0.25) is 4.79 Å². The van der Waals surface area contributed by atoms with Crippen LogP contribution in [0.5, 0.6) is 0 Å². The zero-order valence-corrected chi connectivity index (χ0v) is 11.2. The van der Waals surface area contributed by atoms with Crippen molar-refractivity contribution in [2.45, 2.75) is 33.1 Å². The van der Waals surface area contributed by atoms with E-state index in [1.165, 1.54) is 5.56 Å². The molecule has 1 aromatic carbocycles. The second-order valence-corrected chi connectivity index (χ2v) is 4.72. The zero-order chi connectivity index (χ0) is 13.8. The Labute approximate surface area is 112 Å². The number of benzene rings is 1. The number of imidazole rings is 1. The van der Waals surface area contributed by atoms with Crippen molar-refractivity contribution in [3.8, 4) is 11.3 Å². The first-order valence-electron chi connectivity index (χ1n) is 6.41. The van der Waals surface area contributed by atoms with Crippen LogP contribution in [-0.4, -0.2) is 21.0 Å². The molecule has 100 valence electrons. The molecule has 0 spiro atoms. The summed E-state index contributed by atoms with van der Waals surface area (Å²) in [5, 5.41) is 8.64. The molecule has 0 fully saturated rings. The average molecular weight is 258 g/mol. The Bertz CT molecular complexity index is 588. The van der Waals surface area contributed by atoms with Crippen LogP contribution >= 0.6 is 0 Å². The molecule has 0 aliphatic rings. The maximum absolute atomic E-state index is 10.5. The highest BCUT2D eigenvalue weighted by atomic mass is 16.4. The van der Waals surface area contributed by atoms with E-state index in [1.54, 1.807) is 0 Å². The molecule has 1 aromatic heterocycles. The van der Waals surface area contributed by atoms with Gasteiger partial charge in [0.05, 0.1) is 5.69 Å². The summed E-state index contributed by atoms with van der Waals surface area (Å²) < 4.78 is 0. The Morgan fingerprint density at radius 2 is 2.05 bits per heavy atom. The zero-order valence-electron chi connectivity index (χ0n) is 11.2.